The molecule has 168 valence electrons. The van der Waals surface area contributed by atoms with Crippen molar-refractivity contribution in [2.45, 2.75) is 31.1 Å². The Labute approximate surface area is 190 Å². The van der Waals surface area contributed by atoms with E-state index >= 15 is 0 Å². The van der Waals surface area contributed by atoms with Crippen molar-refractivity contribution >= 4 is 17.5 Å². The Balaban J connectivity index is 1.83. The highest BCUT2D eigenvalue weighted by molar-refractivity contribution is 6.30. The standard InChI is InChI=1S/C25H24ClF3N2O/c1-30-24(32)23(19-5-3-2-4-6-19)31-22(18-10-14-21(26)15-11-18)16-9-17-7-12-20(13-8-17)25(27,28)29/h2-8,10-15,22-23,31H,9,16H2,1H3,(H,30,32)/t22?,23-/m1/s1. The molecule has 7 heteroatoms. The number of benzene rings is 3. The topological polar surface area (TPSA) is 41.1 Å². The van der Waals surface area contributed by atoms with E-state index in [1.54, 1.807) is 19.2 Å². The van der Waals surface area contributed by atoms with Crippen molar-refractivity contribution in [2.24, 2.45) is 0 Å². The third-order valence-corrected chi connectivity index (χ3v) is 5.54. The van der Waals surface area contributed by atoms with E-state index in [4.69, 9.17) is 11.6 Å². The summed E-state index contributed by atoms with van der Waals surface area (Å²) in [6.45, 7) is 0. The van der Waals surface area contributed by atoms with Crippen LogP contribution in [0.25, 0.3) is 0 Å². The van der Waals surface area contributed by atoms with Gasteiger partial charge in [0, 0.05) is 18.1 Å². The van der Waals surface area contributed by atoms with E-state index < -0.39 is 17.8 Å². The zero-order valence-electron chi connectivity index (χ0n) is 17.5. The van der Waals surface area contributed by atoms with Crippen LogP contribution < -0.4 is 10.6 Å². The zero-order chi connectivity index (χ0) is 23.1. The highest BCUT2D eigenvalue weighted by Gasteiger charge is 2.30. The molecule has 2 N–H and O–H groups in total. The van der Waals surface area contributed by atoms with E-state index in [-0.39, 0.29) is 11.9 Å². The molecule has 0 saturated heterocycles. The number of hydrogen-bond acceptors (Lipinski definition) is 2. The SMILES string of the molecule is CNC(=O)[C@H](NC(CCc1ccc(C(F)(F)F)cc1)c1ccc(Cl)cc1)c1ccccc1. The molecule has 0 bridgehead atoms. The van der Waals surface area contributed by atoms with Crippen LogP contribution >= 0.6 is 11.6 Å². The Hall–Kier alpha value is -2.83. The molecule has 0 heterocycles. The van der Waals surface area contributed by atoms with Gasteiger partial charge in [0.15, 0.2) is 0 Å². The quantitative estimate of drug-likeness (QED) is 0.426. The van der Waals surface area contributed by atoms with Crippen LogP contribution in [0.4, 0.5) is 13.2 Å². The normalized spacial score (nSPS) is 13.4. The number of nitrogens with one attached hydrogen (secondary N) is 2. The van der Waals surface area contributed by atoms with E-state index in [1.807, 2.05) is 42.5 Å². The molecule has 32 heavy (non-hydrogen) atoms. The van der Waals surface area contributed by atoms with Crippen molar-refractivity contribution < 1.29 is 18.0 Å². The summed E-state index contributed by atoms with van der Waals surface area (Å²) < 4.78 is 38.5. The van der Waals surface area contributed by atoms with E-state index in [1.165, 1.54) is 12.1 Å². The number of rotatable bonds is 8. The summed E-state index contributed by atoms with van der Waals surface area (Å²) in [6, 6.07) is 21.1. The van der Waals surface area contributed by atoms with Gasteiger partial charge in [-0.15, -0.1) is 0 Å². The fourth-order valence-corrected chi connectivity index (χ4v) is 3.65. The van der Waals surface area contributed by atoms with Crippen LogP contribution in [0.2, 0.25) is 5.02 Å². The van der Waals surface area contributed by atoms with E-state index in [9.17, 15) is 18.0 Å². The number of carbonyl (C=O) groups is 1. The third kappa shape index (κ3) is 6.34. The van der Waals surface area contributed by atoms with Gasteiger partial charge in [0.25, 0.3) is 0 Å². The summed E-state index contributed by atoms with van der Waals surface area (Å²) in [5.74, 6) is -0.176. The number of aryl methyl sites for hydroxylation is 1. The summed E-state index contributed by atoms with van der Waals surface area (Å²) in [6.07, 6.45) is -3.25. The molecule has 1 unspecified atom stereocenters. The predicted molar refractivity (Wildman–Crippen MR) is 120 cm³/mol. The molecular formula is C25H24ClF3N2O. The minimum Gasteiger partial charge on any atom is -0.358 e. The first-order valence-corrected chi connectivity index (χ1v) is 10.6. The van der Waals surface area contributed by atoms with Gasteiger partial charge in [0.05, 0.1) is 5.56 Å². The van der Waals surface area contributed by atoms with E-state index in [0.717, 1.165) is 28.8 Å². The predicted octanol–water partition coefficient (Wildman–Crippen LogP) is 6.11. The number of likely N-dealkylation sites (N-methyl/N-ethyl adjacent to an activating group) is 1. The maximum atomic E-state index is 12.8. The van der Waals surface area contributed by atoms with Crippen molar-refractivity contribution in [1.82, 2.24) is 10.6 Å². The smallest absolute Gasteiger partial charge is 0.358 e. The molecule has 3 nitrogen and oxygen atoms in total. The Morgan fingerprint density at radius 2 is 1.53 bits per heavy atom. The van der Waals surface area contributed by atoms with Crippen LogP contribution in [0.5, 0.6) is 0 Å². The number of alkyl halides is 3. The molecule has 0 fully saturated rings. The molecule has 0 spiro atoms. The van der Waals surface area contributed by atoms with E-state index in [0.29, 0.717) is 17.9 Å². The second-order valence-corrected chi connectivity index (χ2v) is 7.90. The van der Waals surface area contributed by atoms with Crippen molar-refractivity contribution in [3.05, 3.63) is 106 Å². The summed E-state index contributed by atoms with van der Waals surface area (Å²) in [5, 5.41) is 6.72. The highest BCUT2D eigenvalue weighted by Crippen LogP contribution is 2.30. The fourth-order valence-electron chi connectivity index (χ4n) is 3.53. The number of carbonyl (C=O) groups excluding carboxylic acids is 1. The Morgan fingerprint density at radius 1 is 0.906 bits per heavy atom. The lowest BCUT2D eigenvalue weighted by molar-refractivity contribution is -0.137. The summed E-state index contributed by atoms with van der Waals surface area (Å²) in [4.78, 5) is 12.6. The van der Waals surface area contributed by atoms with Crippen LogP contribution in [0.1, 0.15) is 40.8 Å². The Kier molecular flexibility index (Phi) is 7.94. The molecule has 3 aromatic rings. The Morgan fingerprint density at radius 3 is 2.09 bits per heavy atom. The average Bonchev–Trinajstić information content (AvgIpc) is 2.80. The van der Waals surface area contributed by atoms with Gasteiger partial charge in [-0.25, -0.2) is 0 Å². The monoisotopic (exact) mass is 460 g/mol. The van der Waals surface area contributed by atoms with Gasteiger partial charge in [0.1, 0.15) is 6.04 Å². The van der Waals surface area contributed by atoms with Crippen molar-refractivity contribution in [2.75, 3.05) is 7.05 Å². The third-order valence-electron chi connectivity index (χ3n) is 5.28. The van der Waals surface area contributed by atoms with Gasteiger partial charge in [-0.2, -0.15) is 13.2 Å². The molecule has 0 radical (unpaired) electrons. The number of amides is 1. The Bertz CT molecular complexity index is 1010. The van der Waals surface area contributed by atoms with Crippen molar-refractivity contribution in [3.63, 3.8) is 0 Å². The first kappa shape index (κ1) is 23.8. The molecule has 1 amide bonds. The second kappa shape index (κ2) is 10.7. The molecule has 3 rings (SSSR count). The van der Waals surface area contributed by atoms with Crippen LogP contribution in [-0.2, 0) is 17.4 Å². The van der Waals surface area contributed by atoms with Gasteiger partial charge >= 0.3 is 6.18 Å². The maximum Gasteiger partial charge on any atom is 0.416 e. The first-order chi connectivity index (χ1) is 15.3. The number of hydrogen-bond donors (Lipinski definition) is 2. The lowest BCUT2D eigenvalue weighted by Gasteiger charge is -2.26. The van der Waals surface area contributed by atoms with Gasteiger partial charge in [-0.1, -0.05) is 66.2 Å². The minimum absolute atomic E-state index is 0.176. The van der Waals surface area contributed by atoms with Crippen LogP contribution in [0.3, 0.4) is 0 Å². The molecule has 0 aliphatic heterocycles. The molecular weight excluding hydrogens is 437 g/mol. The average molecular weight is 461 g/mol. The van der Waals surface area contributed by atoms with Crippen LogP contribution in [0.15, 0.2) is 78.9 Å². The molecule has 0 aliphatic rings. The fraction of sp³-hybridized carbons (Fsp3) is 0.240. The lowest BCUT2D eigenvalue weighted by atomic mass is 9.96. The lowest BCUT2D eigenvalue weighted by Crippen LogP contribution is -2.38. The summed E-state index contributed by atoms with van der Waals surface area (Å²) in [5.41, 5.74) is 1.87. The number of halogens is 4. The van der Waals surface area contributed by atoms with Gasteiger partial charge in [0.2, 0.25) is 5.91 Å². The maximum absolute atomic E-state index is 12.8. The summed E-state index contributed by atoms with van der Waals surface area (Å²) >= 11 is 6.04. The second-order valence-electron chi connectivity index (χ2n) is 7.46. The van der Waals surface area contributed by atoms with Gasteiger partial charge in [-0.3, -0.25) is 10.1 Å². The highest BCUT2D eigenvalue weighted by atomic mass is 35.5. The van der Waals surface area contributed by atoms with Gasteiger partial charge < -0.3 is 5.32 Å². The molecule has 2 atom stereocenters. The van der Waals surface area contributed by atoms with E-state index in [2.05, 4.69) is 10.6 Å². The van der Waals surface area contributed by atoms with Crippen molar-refractivity contribution in [1.29, 1.82) is 0 Å². The first-order valence-electron chi connectivity index (χ1n) is 10.2. The summed E-state index contributed by atoms with van der Waals surface area (Å²) in [7, 11) is 1.58. The molecule has 0 aromatic heterocycles. The van der Waals surface area contributed by atoms with Crippen molar-refractivity contribution in [3.8, 4) is 0 Å². The minimum atomic E-state index is -4.36. The molecule has 0 saturated carbocycles. The molecule has 3 aromatic carbocycles. The van der Waals surface area contributed by atoms with Gasteiger partial charge in [-0.05, 0) is 53.8 Å². The molecule has 0 aliphatic carbocycles. The van der Waals surface area contributed by atoms with Crippen LogP contribution in [-0.4, -0.2) is 13.0 Å². The van der Waals surface area contributed by atoms with Crippen LogP contribution in [0, 0.1) is 0 Å². The largest absolute Gasteiger partial charge is 0.416 e. The zero-order valence-corrected chi connectivity index (χ0v) is 18.3.